The quantitative estimate of drug-likeness (QED) is 0.696. The summed E-state index contributed by atoms with van der Waals surface area (Å²) in [5.74, 6) is -1.01. The number of carbonyl (C=O) groups is 2. The first-order chi connectivity index (χ1) is 11.2. The van der Waals surface area contributed by atoms with Crippen molar-refractivity contribution < 1.29 is 19.1 Å². The number of amides is 1. The molecule has 1 aliphatic heterocycles. The van der Waals surface area contributed by atoms with Gasteiger partial charge in [0.25, 0.3) is 0 Å². The van der Waals surface area contributed by atoms with Gasteiger partial charge in [0, 0.05) is 18.2 Å². The number of hydrogen-bond acceptors (Lipinski definition) is 4. The van der Waals surface area contributed by atoms with Crippen LogP contribution in [0.15, 0.2) is 54.6 Å². The molecule has 1 saturated heterocycles. The van der Waals surface area contributed by atoms with Crippen molar-refractivity contribution in [1.29, 1.82) is 0 Å². The SMILES string of the molecule is COc1cccc(NC(=O)C2CC(c3ccccc3)OC2=O)c1. The van der Waals surface area contributed by atoms with Gasteiger partial charge >= 0.3 is 5.97 Å². The van der Waals surface area contributed by atoms with Gasteiger partial charge < -0.3 is 14.8 Å². The molecule has 2 atom stereocenters. The van der Waals surface area contributed by atoms with E-state index in [1.807, 2.05) is 30.3 Å². The van der Waals surface area contributed by atoms with Crippen LogP contribution < -0.4 is 10.1 Å². The number of esters is 1. The standard InChI is InChI=1S/C18H17NO4/c1-22-14-9-5-8-13(10-14)19-17(20)15-11-16(23-18(15)21)12-6-3-2-4-7-12/h2-10,15-16H,11H2,1H3,(H,19,20). The molecule has 0 aliphatic carbocycles. The van der Waals surface area contributed by atoms with E-state index in [1.54, 1.807) is 31.4 Å². The van der Waals surface area contributed by atoms with E-state index >= 15 is 0 Å². The van der Waals surface area contributed by atoms with Crippen LogP contribution in [0.1, 0.15) is 18.1 Å². The Balaban J connectivity index is 1.69. The van der Waals surface area contributed by atoms with Gasteiger partial charge in [-0.1, -0.05) is 36.4 Å². The molecule has 118 valence electrons. The van der Waals surface area contributed by atoms with E-state index in [4.69, 9.17) is 9.47 Å². The number of cyclic esters (lactones) is 1. The molecule has 2 aromatic rings. The van der Waals surface area contributed by atoms with Crippen LogP contribution in [0.4, 0.5) is 5.69 Å². The van der Waals surface area contributed by atoms with E-state index in [-0.39, 0.29) is 12.0 Å². The first-order valence-electron chi connectivity index (χ1n) is 7.38. The molecule has 23 heavy (non-hydrogen) atoms. The van der Waals surface area contributed by atoms with Crippen LogP contribution in [0, 0.1) is 5.92 Å². The molecule has 5 heteroatoms. The third kappa shape index (κ3) is 3.34. The van der Waals surface area contributed by atoms with Crippen molar-refractivity contribution >= 4 is 17.6 Å². The fourth-order valence-electron chi connectivity index (χ4n) is 2.60. The van der Waals surface area contributed by atoms with E-state index in [0.717, 1.165) is 5.56 Å². The van der Waals surface area contributed by atoms with E-state index in [0.29, 0.717) is 17.9 Å². The zero-order valence-corrected chi connectivity index (χ0v) is 12.7. The molecule has 0 spiro atoms. The molecule has 0 aromatic heterocycles. The van der Waals surface area contributed by atoms with Gasteiger partial charge in [0.15, 0.2) is 0 Å². The molecule has 1 amide bonds. The molecule has 1 fully saturated rings. The predicted molar refractivity (Wildman–Crippen MR) is 85.0 cm³/mol. The van der Waals surface area contributed by atoms with Crippen LogP contribution in [0.25, 0.3) is 0 Å². The van der Waals surface area contributed by atoms with Crippen molar-refractivity contribution in [2.75, 3.05) is 12.4 Å². The highest BCUT2D eigenvalue weighted by Crippen LogP contribution is 2.34. The summed E-state index contributed by atoms with van der Waals surface area (Å²) >= 11 is 0. The molecule has 5 nitrogen and oxygen atoms in total. The summed E-state index contributed by atoms with van der Waals surface area (Å²) in [6, 6.07) is 16.4. The normalized spacial score (nSPS) is 20.0. The molecule has 1 aliphatic rings. The average molecular weight is 311 g/mol. The average Bonchev–Trinajstić information content (AvgIpc) is 2.98. The largest absolute Gasteiger partial charge is 0.497 e. The number of carbonyl (C=O) groups excluding carboxylic acids is 2. The Labute approximate surface area is 134 Å². The van der Waals surface area contributed by atoms with Crippen LogP contribution in [0.3, 0.4) is 0 Å². The lowest BCUT2D eigenvalue weighted by Crippen LogP contribution is -2.26. The molecule has 0 bridgehead atoms. The van der Waals surface area contributed by atoms with Crippen molar-refractivity contribution in [2.45, 2.75) is 12.5 Å². The first-order valence-corrected chi connectivity index (χ1v) is 7.38. The van der Waals surface area contributed by atoms with Crippen LogP contribution in [-0.2, 0) is 14.3 Å². The highest BCUT2D eigenvalue weighted by atomic mass is 16.6. The summed E-state index contributed by atoms with van der Waals surface area (Å²) in [7, 11) is 1.56. The summed E-state index contributed by atoms with van der Waals surface area (Å²) in [4.78, 5) is 24.4. The fourth-order valence-corrected chi connectivity index (χ4v) is 2.60. The summed E-state index contributed by atoms with van der Waals surface area (Å²) in [5, 5.41) is 2.74. The summed E-state index contributed by atoms with van der Waals surface area (Å²) < 4.78 is 10.5. The fraction of sp³-hybridized carbons (Fsp3) is 0.222. The molecule has 2 aromatic carbocycles. The predicted octanol–water partition coefficient (Wildman–Crippen LogP) is 2.94. The number of ether oxygens (including phenoxy) is 2. The zero-order chi connectivity index (χ0) is 16.2. The maximum atomic E-state index is 12.3. The van der Waals surface area contributed by atoms with Gasteiger partial charge in [0.1, 0.15) is 17.8 Å². The lowest BCUT2D eigenvalue weighted by molar-refractivity contribution is -0.146. The second-order valence-corrected chi connectivity index (χ2v) is 5.35. The van der Waals surface area contributed by atoms with Gasteiger partial charge in [-0.25, -0.2) is 0 Å². The van der Waals surface area contributed by atoms with Gasteiger partial charge in [0.2, 0.25) is 5.91 Å². The highest BCUT2D eigenvalue weighted by Gasteiger charge is 2.40. The number of rotatable bonds is 4. The smallest absolute Gasteiger partial charge is 0.319 e. The summed E-state index contributed by atoms with van der Waals surface area (Å²) in [6.07, 6.45) is -0.0247. The number of anilines is 1. The maximum Gasteiger partial charge on any atom is 0.319 e. The number of methoxy groups -OCH3 is 1. The van der Waals surface area contributed by atoms with Gasteiger partial charge in [0.05, 0.1) is 7.11 Å². The first kappa shape index (κ1) is 15.1. The summed E-state index contributed by atoms with van der Waals surface area (Å²) in [6.45, 7) is 0. The Morgan fingerprint density at radius 3 is 2.70 bits per heavy atom. The number of benzene rings is 2. The Bertz CT molecular complexity index is 714. The topological polar surface area (TPSA) is 64.6 Å². The van der Waals surface area contributed by atoms with Crippen molar-refractivity contribution in [2.24, 2.45) is 5.92 Å². The van der Waals surface area contributed by atoms with Gasteiger partial charge in [-0.3, -0.25) is 9.59 Å². The van der Waals surface area contributed by atoms with Crippen LogP contribution in [0.2, 0.25) is 0 Å². The van der Waals surface area contributed by atoms with Crippen molar-refractivity contribution in [3.05, 3.63) is 60.2 Å². The summed E-state index contributed by atoms with van der Waals surface area (Å²) in [5.41, 5.74) is 1.49. The van der Waals surface area contributed by atoms with Gasteiger partial charge in [-0.15, -0.1) is 0 Å². The number of hydrogen-bond donors (Lipinski definition) is 1. The third-order valence-corrected chi connectivity index (χ3v) is 3.82. The second-order valence-electron chi connectivity index (χ2n) is 5.35. The van der Waals surface area contributed by atoms with E-state index < -0.39 is 11.9 Å². The monoisotopic (exact) mass is 311 g/mol. The second kappa shape index (κ2) is 6.52. The zero-order valence-electron chi connectivity index (χ0n) is 12.7. The van der Waals surface area contributed by atoms with Crippen molar-refractivity contribution in [3.8, 4) is 5.75 Å². The van der Waals surface area contributed by atoms with E-state index in [9.17, 15) is 9.59 Å². The molecule has 3 rings (SSSR count). The molecule has 0 radical (unpaired) electrons. The Morgan fingerprint density at radius 1 is 1.17 bits per heavy atom. The molecule has 1 N–H and O–H groups in total. The Morgan fingerprint density at radius 2 is 1.96 bits per heavy atom. The maximum absolute atomic E-state index is 12.3. The van der Waals surface area contributed by atoms with Crippen molar-refractivity contribution in [3.63, 3.8) is 0 Å². The molecule has 2 unspecified atom stereocenters. The van der Waals surface area contributed by atoms with E-state index in [2.05, 4.69) is 5.32 Å². The van der Waals surface area contributed by atoms with Gasteiger partial charge in [-0.05, 0) is 17.7 Å². The molecular formula is C18H17NO4. The Kier molecular flexibility index (Phi) is 4.28. The van der Waals surface area contributed by atoms with Crippen LogP contribution >= 0.6 is 0 Å². The third-order valence-electron chi connectivity index (χ3n) is 3.82. The van der Waals surface area contributed by atoms with Crippen molar-refractivity contribution in [1.82, 2.24) is 0 Å². The molecular weight excluding hydrogens is 294 g/mol. The highest BCUT2D eigenvalue weighted by molar-refractivity contribution is 6.05. The minimum Gasteiger partial charge on any atom is -0.497 e. The van der Waals surface area contributed by atoms with E-state index in [1.165, 1.54) is 0 Å². The van der Waals surface area contributed by atoms with Gasteiger partial charge in [-0.2, -0.15) is 0 Å². The minimum atomic E-state index is -0.800. The lowest BCUT2D eigenvalue weighted by Gasteiger charge is -2.09. The number of nitrogens with one attached hydrogen (secondary N) is 1. The minimum absolute atomic E-state index is 0.346. The van der Waals surface area contributed by atoms with Crippen LogP contribution in [-0.4, -0.2) is 19.0 Å². The van der Waals surface area contributed by atoms with Crippen LogP contribution in [0.5, 0.6) is 5.75 Å². The lowest BCUT2D eigenvalue weighted by atomic mass is 9.99. The molecule has 0 saturated carbocycles. The Hall–Kier alpha value is -2.82. The molecule has 1 heterocycles.